The molecule has 1 aromatic rings. The number of primary amides is 1. The van der Waals surface area contributed by atoms with E-state index in [1.165, 1.54) is 12.1 Å². The van der Waals surface area contributed by atoms with Gasteiger partial charge in [0.25, 0.3) is 0 Å². The Morgan fingerprint density at radius 2 is 1.92 bits per heavy atom. The second kappa shape index (κ2) is 5.53. The number of hydrogen-bond donors (Lipinski definition) is 2. The molecule has 0 aromatic heterocycles. The van der Waals surface area contributed by atoms with Crippen LogP contribution in [0.5, 0.6) is 0 Å². The first-order valence-corrected chi connectivity index (χ1v) is 8.76. The first-order valence-electron chi connectivity index (χ1n) is 8.76. The minimum Gasteiger partial charge on any atom is -0.460 e. The molecule has 25 heavy (non-hydrogen) atoms. The van der Waals surface area contributed by atoms with E-state index in [4.69, 9.17) is 10.5 Å². The molecule has 1 aromatic carbocycles. The van der Waals surface area contributed by atoms with Crippen LogP contribution in [0.3, 0.4) is 0 Å². The molecule has 0 spiro atoms. The zero-order chi connectivity index (χ0) is 17.8. The van der Waals surface area contributed by atoms with Crippen LogP contribution in [-0.4, -0.2) is 22.6 Å². The molecule has 5 nitrogen and oxygen atoms in total. The third kappa shape index (κ3) is 2.82. The topological polar surface area (TPSA) is 89.6 Å². The molecule has 0 radical (unpaired) electrons. The Morgan fingerprint density at radius 1 is 1.24 bits per heavy atom. The summed E-state index contributed by atoms with van der Waals surface area (Å²) < 4.78 is 19.5. The Hall–Kier alpha value is -1.95. The van der Waals surface area contributed by atoms with Crippen LogP contribution in [0.2, 0.25) is 0 Å². The van der Waals surface area contributed by atoms with Gasteiger partial charge in [-0.25, -0.2) is 4.39 Å². The quantitative estimate of drug-likeness (QED) is 0.818. The van der Waals surface area contributed by atoms with Gasteiger partial charge in [-0.15, -0.1) is 0 Å². The Kier molecular flexibility index (Phi) is 3.65. The van der Waals surface area contributed by atoms with Gasteiger partial charge < -0.3 is 15.6 Å². The summed E-state index contributed by atoms with van der Waals surface area (Å²) in [5.74, 6) is -0.897. The van der Waals surface area contributed by atoms with Crippen LogP contribution in [0, 0.1) is 23.1 Å². The molecule has 0 saturated heterocycles. The van der Waals surface area contributed by atoms with Crippen molar-refractivity contribution in [1.29, 1.82) is 0 Å². The van der Waals surface area contributed by atoms with Crippen molar-refractivity contribution in [2.24, 2.45) is 23.0 Å². The fourth-order valence-corrected chi connectivity index (χ4v) is 5.57. The zero-order valence-corrected chi connectivity index (χ0v) is 14.0. The summed E-state index contributed by atoms with van der Waals surface area (Å²) in [5, 5.41) is 10.7. The molecular weight excluding hydrogens is 325 g/mol. The van der Waals surface area contributed by atoms with E-state index >= 15 is 0 Å². The molecule has 134 valence electrons. The number of ether oxygens (including phenoxy) is 1. The van der Waals surface area contributed by atoms with E-state index < -0.39 is 22.7 Å². The summed E-state index contributed by atoms with van der Waals surface area (Å²) in [4.78, 5) is 23.8. The van der Waals surface area contributed by atoms with Crippen molar-refractivity contribution < 1.29 is 23.8 Å². The lowest BCUT2D eigenvalue weighted by Crippen LogP contribution is -2.58. The van der Waals surface area contributed by atoms with Crippen LogP contribution in [-0.2, 0) is 16.1 Å². The van der Waals surface area contributed by atoms with Crippen LogP contribution in [0.15, 0.2) is 18.2 Å². The second-order valence-corrected chi connectivity index (χ2v) is 8.21. The summed E-state index contributed by atoms with van der Waals surface area (Å²) in [5.41, 5.74) is 4.05. The lowest BCUT2D eigenvalue weighted by molar-refractivity contribution is -0.197. The molecule has 3 N–H and O–H groups in total. The molecule has 0 aliphatic heterocycles. The number of rotatable bonds is 4. The van der Waals surface area contributed by atoms with Crippen LogP contribution in [0.4, 0.5) is 4.39 Å². The summed E-state index contributed by atoms with van der Waals surface area (Å²) in [7, 11) is 0. The number of esters is 1. The average molecular weight is 347 g/mol. The van der Waals surface area contributed by atoms with Crippen molar-refractivity contribution in [2.75, 3.05) is 0 Å². The van der Waals surface area contributed by atoms with Gasteiger partial charge in [0.15, 0.2) is 0 Å². The molecular formula is C19H22FNO4. The van der Waals surface area contributed by atoms with E-state index in [9.17, 15) is 19.1 Å². The minimum absolute atomic E-state index is 0.0795. The maximum atomic E-state index is 14.0. The molecule has 4 aliphatic carbocycles. The van der Waals surface area contributed by atoms with E-state index in [0.717, 1.165) is 38.2 Å². The number of carbonyl (C=O) groups is 2. The first-order chi connectivity index (χ1) is 11.8. The molecule has 0 heterocycles. The highest BCUT2D eigenvalue weighted by Gasteiger charge is 2.60. The molecule has 1 amide bonds. The summed E-state index contributed by atoms with van der Waals surface area (Å²) >= 11 is 0. The van der Waals surface area contributed by atoms with Crippen LogP contribution < -0.4 is 5.73 Å². The van der Waals surface area contributed by atoms with Crippen molar-refractivity contribution in [2.45, 2.75) is 50.7 Å². The summed E-state index contributed by atoms with van der Waals surface area (Å²) in [6.07, 6.45) is 4.61. The van der Waals surface area contributed by atoms with Gasteiger partial charge in [0.05, 0.1) is 11.0 Å². The fourth-order valence-electron chi connectivity index (χ4n) is 5.57. The monoisotopic (exact) mass is 347 g/mol. The maximum absolute atomic E-state index is 14.0. The molecule has 4 aliphatic rings. The molecule has 2 unspecified atom stereocenters. The number of hydrogen-bond acceptors (Lipinski definition) is 4. The van der Waals surface area contributed by atoms with Gasteiger partial charge >= 0.3 is 5.97 Å². The normalized spacial score (nSPS) is 35.6. The van der Waals surface area contributed by atoms with Crippen molar-refractivity contribution in [1.82, 2.24) is 0 Å². The van der Waals surface area contributed by atoms with Crippen molar-refractivity contribution >= 4 is 11.9 Å². The number of benzene rings is 1. The third-order valence-electron chi connectivity index (χ3n) is 6.16. The van der Waals surface area contributed by atoms with Crippen LogP contribution >= 0.6 is 0 Å². The van der Waals surface area contributed by atoms with Crippen LogP contribution in [0.25, 0.3) is 0 Å². The third-order valence-corrected chi connectivity index (χ3v) is 6.16. The fraction of sp³-hybridized carbons (Fsp3) is 0.579. The number of halogens is 1. The number of carbonyl (C=O) groups excluding carboxylic acids is 2. The number of nitrogens with two attached hydrogens (primary N) is 1. The highest BCUT2D eigenvalue weighted by atomic mass is 19.1. The Morgan fingerprint density at radius 3 is 2.48 bits per heavy atom. The largest absolute Gasteiger partial charge is 0.460 e. The van der Waals surface area contributed by atoms with Gasteiger partial charge in [-0.2, -0.15) is 0 Å². The van der Waals surface area contributed by atoms with E-state index in [2.05, 4.69) is 0 Å². The standard InChI is InChI=1S/C19H22FNO4/c20-15-4-13(16(21)22)1-2-14(15)9-25-17(23)18-5-11-3-12(6-18)8-19(24,7-11)10-18/h1-2,4,11-12,24H,3,5-10H2,(H2,21,22). The molecule has 6 heteroatoms. The number of aliphatic hydroxyl groups is 1. The minimum atomic E-state index is -0.739. The SMILES string of the molecule is NC(=O)c1ccc(COC(=O)C23CC4CC(CC(O)(C4)C2)C3)c(F)c1. The van der Waals surface area contributed by atoms with Gasteiger partial charge in [-0.3, -0.25) is 9.59 Å². The van der Waals surface area contributed by atoms with Gasteiger partial charge in [0.2, 0.25) is 5.91 Å². The van der Waals surface area contributed by atoms with Crippen LogP contribution in [0.1, 0.15) is 54.4 Å². The van der Waals surface area contributed by atoms with Gasteiger partial charge in [0, 0.05) is 11.1 Å². The Bertz CT molecular complexity index is 733. The molecule has 5 rings (SSSR count). The number of amides is 1. The van der Waals surface area contributed by atoms with Gasteiger partial charge in [0.1, 0.15) is 12.4 Å². The van der Waals surface area contributed by atoms with Crippen molar-refractivity contribution in [3.63, 3.8) is 0 Å². The Labute approximate surface area is 145 Å². The first kappa shape index (κ1) is 16.5. The van der Waals surface area contributed by atoms with E-state index in [-0.39, 0.29) is 23.7 Å². The van der Waals surface area contributed by atoms with E-state index in [0.29, 0.717) is 18.3 Å². The highest BCUT2D eigenvalue weighted by molar-refractivity contribution is 5.92. The zero-order valence-electron chi connectivity index (χ0n) is 14.0. The summed E-state index contributed by atoms with van der Waals surface area (Å²) in [6, 6.07) is 3.89. The lowest BCUT2D eigenvalue weighted by atomic mass is 9.48. The molecule has 4 saturated carbocycles. The van der Waals surface area contributed by atoms with Gasteiger partial charge in [-0.1, -0.05) is 6.07 Å². The predicted molar refractivity (Wildman–Crippen MR) is 86.8 cm³/mol. The van der Waals surface area contributed by atoms with Crippen molar-refractivity contribution in [3.8, 4) is 0 Å². The second-order valence-electron chi connectivity index (χ2n) is 8.21. The van der Waals surface area contributed by atoms with E-state index in [1.54, 1.807) is 0 Å². The summed E-state index contributed by atoms with van der Waals surface area (Å²) in [6.45, 7) is -0.181. The maximum Gasteiger partial charge on any atom is 0.312 e. The smallest absolute Gasteiger partial charge is 0.312 e. The predicted octanol–water partition coefficient (Wildman–Crippen LogP) is 2.30. The lowest BCUT2D eigenvalue weighted by Gasteiger charge is -2.58. The average Bonchev–Trinajstić information content (AvgIpc) is 2.50. The Balaban J connectivity index is 1.47. The van der Waals surface area contributed by atoms with E-state index in [1.807, 2.05) is 0 Å². The van der Waals surface area contributed by atoms with Gasteiger partial charge in [-0.05, 0) is 62.5 Å². The van der Waals surface area contributed by atoms with Crippen molar-refractivity contribution in [3.05, 3.63) is 35.1 Å². The highest BCUT2D eigenvalue weighted by Crippen LogP contribution is 2.62. The molecule has 4 fully saturated rings. The molecule has 2 atom stereocenters. The molecule has 4 bridgehead atoms.